The highest BCUT2D eigenvalue weighted by atomic mass is 32.2. The molecule has 27 heavy (non-hydrogen) atoms. The first-order chi connectivity index (χ1) is 13.2. The van der Waals surface area contributed by atoms with E-state index >= 15 is 0 Å². The second-order valence-electron chi connectivity index (χ2n) is 5.78. The number of hydrogen-bond acceptors (Lipinski definition) is 5. The number of thioether (sulfide) groups is 1. The molecule has 1 saturated heterocycles. The Morgan fingerprint density at radius 1 is 1.00 bits per heavy atom. The molecule has 3 aromatic rings. The second kappa shape index (κ2) is 7.90. The van der Waals surface area contributed by atoms with Crippen molar-refractivity contribution in [1.29, 1.82) is 0 Å². The molecule has 1 aromatic heterocycles. The van der Waals surface area contributed by atoms with E-state index in [9.17, 15) is 4.79 Å². The molecular weight excluding hydrogens is 376 g/mol. The zero-order valence-corrected chi connectivity index (χ0v) is 16.2. The highest BCUT2D eigenvalue weighted by Gasteiger charge is 2.30. The van der Waals surface area contributed by atoms with Crippen LogP contribution in [0.2, 0.25) is 0 Å². The molecular formula is C21H16N2O2S2. The lowest BCUT2D eigenvalue weighted by molar-refractivity contribution is -0.121. The van der Waals surface area contributed by atoms with Gasteiger partial charge >= 0.3 is 0 Å². The normalized spacial score (nSPS) is 17.2. The van der Waals surface area contributed by atoms with Crippen molar-refractivity contribution in [3.8, 4) is 0 Å². The molecule has 4 rings (SSSR count). The van der Waals surface area contributed by atoms with E-state index in [4.69, 9.17) is 4.42 Å². The van der Waals surface area contributed by atoms with Crippen LogP contribution < -0.4 is 0 Å². The van der Waals surface area contributed by atoms with Crippen LogP contribution in [0.5, 0.6) is 0 Å². The maximum absolute atomic E-state index is 12.5. The van der Waals surface area contributed by atoms with E-state index in [1.54, 1.807) is 29.8 Å². The maximum atomic E-state index is 12.5. The second-order valence-corrected chi connectivity index (χ2v) is 7.86. The fourth-order valence-electron chi connectivity index (χ4n) is 2.47. The Bertz CT molecular complexity index is 1010. The third kappa shape index (κ3) is 4.18. The predicted octanol–water partition coefficient (Wildman–Crippen LogP) is 5.66. The van der Waals surface area contributed by atoms with Gasteiger partial charge in [-0.25, -0.2) is 4.99 Å². The summed E-state index contributed by atoms with van der Waals surface area (Å²) in [5.74, 6) is 0.571. The SMILES string of the molecule is CN1C(=O)/C(=C\c2ccc(Sc3ccccc3)o2)SC1=Nc1ccccc1. The molecule has 1 aliphatic heterocycles. The minimum atomic E-state index is -0.0802. The van der Waals surface area contributed by atoms with E-state index < -0.39 is 0 Å². The summed E-state index contributed by atoms with van der Waals surface area (Å²) in [6.07, 6.45) is 1.77. The van der Waals surface area contributed by atoms with Gasteiger partial charge in [-0.15, -0.1) is 0 Å². The number of likely N-dealkylation sites (N-methyl/N-ethyl adjacent to an activating group) is 1. The van der Waals surface area contributed by atoms with Gasteiger partial charge in [0.05, 0.1) is 10.6 Å². The number of carbonyl (C=O) groups is 1. The number of amidine groups is 1. The monoisotopic (exact) mass is 392 g/mol. The van der Waals surface area contributed by atoms with E-state index in [2.05, 4.69) is 4.99 Å². The molecule has 6 heteroatoms. The first-order valence-corrected chi connectivity index (χ1v) is 9.96. The average molecular weight is 393 g/mol. The Hall–Kier alpha value is -2.70. The molecule has 4 nitrogen and oxygen atoms in total. The summed E-state index contributed by atoms with van der Waals surface area (Å²) in [7, 11) is 1.73. The molecule has 1 amide bonds. The van der Waals surface area contributed by atoms with Crippen molar-refractivity contribution in [2.75, 3.05) is 7.05 Å². The summed E-state index contributed by atoms with van der Waals surface area (Å²) in [6, 6.07) is 23.4. The summed E-state index contributed by atoms with van der Waals surface area (Å²) >= 11 is 2.90. The minimum absolute atomic E-state index is 0.0802. The summed E-state index contributed by atoms with van der Waals surface area (Å²) in [5, 5.41) is 1.44. The molecule has 0 saturated carbocycles. The van der Waals surface area contributed by atoms with Crippen molar-refractivity contribution < 1.29 is 9.21 Å². The van der Waals surface area contributed by atoms with Gasteiger partial charge in [0.15, 0.2) is 10.3 Å². The topological polar surface area (TPSA) is 45.8 Å². The van der Waals surface area contributed by atoms with Crippen LogP contribution in [0.25, 0.3) is 6.08 Å². The van der Waals surface area contributed by atoms with Gasteiger partial charge in [0, 0.05) is 18.0 Å². The number of carbonyl (C=O) groups excluding carboxylic acids is 1. The first-order valence-electron chi connectivity index (χ1n) is 8.33. The van der Waals surface area contributed by atoms with Gasteiger partial charge < -0.3 is 4.42 Å². The lowest BCUT2D eigenvalue weighted by Crippen LogP contribution is -2.23. The number of hydrogen-bond donors (Lipinski definition) is 0. The molecule has 0 N–H and O–H groups in total. The molecule has 0 unspecified atom stereocenters. The first kappa shape index (κ1) is 17.7. The summed E-state index contributed by atoms with van der Waals surface area (Å²) in [5.41, 5.74) is 0.820. The molecule has 2 heterocycles. The zero-order chi connectivity index (χ0) is 18.6. The predicted molar refractivity (Wildman–Crippen MR) is 111 cm³/mol. The number of amides is 1. The van der Waals surface area contributed by atoms with Crippen LogP contribution in [0.3, 0.4) is 0 Å². The molecule has 0 bridgehead atoms. The highest BCUT2D eigenvalue weighted by Crippen LogP contribution is 2.35. The van der Waals surface area contributed by atoms with Crippen LogP contribution in [0.4, 0.5) is 5.69 Å². The molecule has 0 radical (unpaired) electrons. The lowest BCUT2D eigenvalue weighted by Gasteiger charge is -2.06. The number of benzene rings is 2. The average Bonchev–Trinajstić information content (AvgIpc) is 3.23. The van der Waals surface area contributed by atoms with Gasteiger partial charge in [-0.3, -0.25) is 9.69 Å². The van der Waals surface area contributed by atoms with Crippen LogP contribution in [0.1, 0.15) is 5.76 Å². The van der Waals surface area contributed by atoms with Crippen molar-refractivity contribution in [1.82, 2.24) is 4.90 Å². The van der Waals surface area contributed by atoms with Crippen LogP contribution in [-0.4, -0.2) is 23.0 Å². The van der Waals surface area contributed by atoms with Crippen molar-refractivity contribution in [2.45, 2.75) is 9.99 Å². The van der Waals surface area contributed by atoms with E-state index in [-0.39, 0.29) is 5.91 Å². The van der Waals surface area contributed by atoms with Gasteiger partial charge in [0.1, 0.15) is 5.76 Å². The van der Waals surface area contributed by atoms with Gasteiger partial charge in [-0.05, 0) is 48.2 Å². The molecule has 0 spiro atoms. The smallest absolute Gasteiger partial charge is 0.266 e. The molecule has 1 fully saturated rings. The standard InChI is InChI=1S/C21H16N2O2S2/c1-23-20(24)18(27-21(23)22-15-8-4-2-5-9-15)14-16-12-13-19(25-16)26-17-10-6-3-7-11-17/h2-14H,1H3/b18-14+,22-21?. The van der Waals surface area contributed by atoms with E-state index in [0.29, 0.717) is 15.8 Å². The van der Waals surface area contributed by atoms with E-state index in [0.717, 1.165) is 15.7 Å². The van der Waals surface area contributed by atoms with Crippen molar-refractivity contribution in [3.63, 3.8) is 0 Å². The van der Waals surface area contributed by atoms with Crippen molar-refractivity contribution in [3.05, 3.63) is 83.5 Å². The Morgan fingerprint density at radius 3 is 2.44 bits per heavy atom. The van der Waals surface area contributed by atoms with Gasteiger partial charge in [0.25, 0.3) is 5.91 Å². The number of furan rings is 1. The number of para-hydroxylation sites is 1. The van der Waals surface area contributed by atoms with Crippen molar-refractivity contribution in [2.24, 2.45) is 4.99 Å². The Kier molecular flexibility index (Phi) is 5.18. The molecule has 0 aliphatic carbocycles. The highest BCUT2D eigenvalue weighted by molar-refractivity contribution is 8.18. The molecule has 134 valence electrons. The summed E-state index contributed by atoms with van der Waals surface area (Å²) in [6.45, 7) is 0. The lowest BCUT2D eigenvalue weighted by atomic mass is 10.3. The van der Waals surface area contributed by atoms with Crippen LogP contribution >= 0.6 is 23.5 Å². The molecule has 1 aliphatic rings. The summed E-state index contributed by atoms with van der Waals surface area (Å²) in [4.78, 5) is 20.3. The number of rotatable bonds is 4. The third-order valence-electron chi connectivity index (χ3n) is 3.82. The summed E-state index contributed by atoms with van der Waals surface area (Å²) < 4.78 is 5.85. The Labute approximate surface area is 166 Å². The van der Waals surface area contributed by atoms with Gasteiger partial charge in [-0.2, -0.15) is 0 Å². The Balaban J connectivity index is 1.52. The number of nitrogens with zero attached hydrogens (tertiary/aromatic N) is 2. The molecule has 0 atom stereocenters. The number of aliphatic imine (C=N–C) groups is 1. The van der Waals surface area contributed by atoms with Crippen molar-refractivity contribution >= 4 is 46.4 Å². The van der Waals surface area contributed by atoms with Gasteiger partial charge in [-0.1, -0.05) is 48.2 Å². The molecule has 2 aromatic carbocycles. The van der Waals surface area contributed by atoms with E-state index in [1.807, 2.05) is 72.8 Å². The fourth-order valence-corrected chi connectivity index (χ4v) is 4.23. The zero-order valence-electron chi connectivity index (χ0n) is 14.5. The third-order valence-corrected chi connectivity index (χ3v) is 5.81. The maximum Gasteiger partial charge on any atom is 0.266 e. The van der Waals surface area contributed by atoms with Crippen LogP contribution in [0.15, 0.2) is 97.1 Å². The van der Waals surface area contributed by atoms with Gasteiger partial charge in [0.2, 0.25) is 0 Å². The van der Waals surface area contributed by atoms with Crippen LogP contribution in [0, 0.1) is 0 Å². The quantitative estimate of drug-likeness (QED) is 0.537. The minimum Gasteiger partial charge on any atom is -0.450 e. The van der Waals surface area contributed by atoms with E-state index in [1.165, 1.54) is 11.8 Å². The Morgan fingerprint density at radius 2 is 1.70 bits per heavy atom. The van der Waals surface area contributed by atoms with Crippen LogP contribution in [-0.2, 0) is 4.79 Å². The largest absolute Gasteiger partial charge is 0.450 e. The fraction of sp³-hybridized carbons (Fsp3) is 0.0476.